The van der Waals surface area contributed by atoms with Gasteiger partial charge in [0.05, 0.1) is 0 Å². The number of hydrogen-bond donors (Lipinski definition) is 2. The van der Waals surface area contributed by atoms with Crippen molar-refractivity contribution in [2.45, 2.75) is 44.1 Å². The Morgan fingerprint density at radius 1 is 1.26 bits per heavy atom. The summed E-state index contributed by atoms with van der Waals surface area (Å²) in [6.07, 6.45) is 4.61. The third-order valence-corrected chi connectivity index (χ3v) is 3.75. The standard InChI is InChI=1S/C12H17N5O2/c13-9(18)8-3-1-2-6-17(8)12(19)11-14-10(15-16-11)7-4-5-7/h7-8H,1-6H2,(H2,13,18)(H,14,15,16). The van der Waals surface area contributed by atoms with Gasteiger partial charge in [0.2, 0.25) is 11.7 Å². The zero-order valence-electron chi connectivity index (χ0n) is 10.6. The highest BCUT2D eigenvalue weighted by molar-refractivity contribution is 5.94. The summed E-state index contributed by atoms with van der Waals surface area (Å²) in [6, 6.07) is -0.524. The number of hydrogen-bond acceptors (Lipinski definition) is 4. The molecule has 2 fully saturated rings. The number of amides is 2. The van der Waals surface area contributed by atoms with Gasteiger partial charge in [0.1, 0.15) is 11.9 Å². The Bertz CT molecular complexity index is 508. The third kappa shape index (κ3) is 2.32. The fourth-order valence-corrected chi connectivity index (χ4v) is 2.51. The van der Waals surface area contributed by atoms with Gasteiger partial charge in [-0.1, -0.05) is 0 Å². The molecule has 0 bridgehead atoms. The fraction of sp³-hybridized carbons (Fsp3) is 0.667. The molecule has 2 amide bonds. The first-order chi connectivity index (χ1) is 9.16. The summed E-state index contributed by atoms with van der Waals surface area (Å²) in [4.78, 5) is 29.5. The molecule has 0 aromatic carbocycles. The van der Waals surface area contributed by atoms with E-state index in [4.69, 9.17) is 5.73 Å². The van der Waals surface area contributed by atoms with E-state index in [-0.39, 0.29) is 11.7 Å². The summed E-state index contributed by atoms with van der Waals surface area (Å²) in [5.41, 5.74) is 5.36. The molecule has 1 saturated carbocycles. The van der Waals surface area contributed by atoms with Crippen LogP contribution in [-0.4, -0.2) is 44.5 Å². The van der Waals surface area contributed by atoms with Crippen molar-refractivity contribution in [3.8, 4) is 0 Å². The summed E-state index contributed by atoms with van der Waals surface area (Å²) in [6.45, 7) is 0.541. The molecule has 3 N–H and O–H groups in total. The molecule has 7 nitrogen and oxygen atoms in total. The number of nitrogens with zero attached hydrogens (tertiary/aromatic N) is 3. The summed E-state index contributed by atoms with van der Waals surface area (Å²) >= 11 is 0. The average Bonchev–Trinajstić information content (AvgIpc) is 3.16. The van der Waals surface area contributed by atoms with Crippen LogP contribution in [0, 0.1) is 0 Å². The minimum Gasteiger partial charge on any atom is -0.368 e. The van der Waals surface area contributed by atoms with E-state index in [1.54, 1.807) is 0 Å². The van der Waals surface area contributed by atoms with Gasteiger partial charge in [0.25, 0.3) is 5.91 Å². The van der Waals surface area contributed by atoms with Gasteiger partial charge < -0.3 is 10.6 Å². The predicted octanol–water partition coefficient (Wildman–Crippen LogP) is 0.162. The molecule has 7 heteroatoms. The number of nitrogens with two attached hydrogens (primary N) is 1. The third-order valence-electron chi connectivity index (χ3n) is 3.75. The minimum absolute atomic E-state index is 0.148. The van der Waals surface area contributed by atoms with E-state index in [9.17, 15) is 9.59 Å². The van der Waals surface area contributed by atoms with Crippen LogP contribution in [0.2, 0.25) is 0 Å². The first-order valence-electron chi connectivity index (χ1n) is 6.69. The number of aromatic nitrogens is 3. The quantitative estimate of drug-likeness (QED) is 0.810. The summed E-state index contributed by atoms with van der Waals surface area (Å²) in [7, 11) is 0. The normalized spacial score (nSPS) is 23.4. The van der Waals surface area contributed by atoms with Gasteiger partial charge in [-0.25, -0.2) is 4.98 Å². The van der Waals surface area contributed by atoms with Gasteiger partial charge >= 0.3 is 0 Å². The van der Waals surface area contributed by atoms with E-state index in [1.165, 1.54) is 4.90 Å². The molecule has 2 heterocycles. The molecule has 1 aliphatic carbocycles. The molecule has 1 aromatic heterocycles. The molecule has 3 rings (SSSR count). The summed E-state index contributed by atoms with van der Waals surface area (Å²) < 4.78 is 0. The molecule has 1 saturated heterocycles. The van der Waals surface area contributed by atoms with Crippen molar-refractivity contribution in [2.75, 3.05) is 6.54 Å². The Kier molecular flexibility index (Phi) is 2.96. The van der Waals surface area contributed by atoms with Crippen molar-refractivity contribution in [1.82, 2.24) is 20.1 Å². The number of piperidine rings is 1. The van der Waals surface area contributed by atoms with Crippen molar-refractivity contribution in [3.63, 3.8) is 0 Å². The zero-order valence-corrected chi connectivity index (χ0v) is 10.6. The number of likely N-dealkylation sites (tertiary alicyclic amines) is 1. The van der Waals surface area contributed by atoms with Crippen molar-refractivity contribution < 1.29 is 9.59 Å². The molecule has 1 aliphatic heterocycles. The molecular weight excluding hydrogens is 246 g/mol. The molecular formula is C12H17N5O2. The first-order valence-corrected chi connectivity index (χ1v) is 6.69. The largest absolute Gasteiger partial charge is 0.368 e. The second-order valence-electron chi connectivity index (χ2n) is 5.23. The highest BCUT2D eigenvalue weighted by Gasteiger charge is 2.34. The van der Waals surface area contributed by atoms with Crippen LogP contribution in [0.1, 0.15) is 54.5 Å². The van der Waals surface area contributed by atoms with Crippen molar-refractivity contribution >= 4 is 11.8 Å². The van der Waals surface area contributed by atoms with E-state index in [2.05, 4.69) is 15.2 Å². The Hall–Kier alpha value is -1.92. The van der Waals surface area contributed by atoms with Gasteiger partial charge in [-0.2, -0.15) is 0 Å². The number of H-pyrrole nitrogens is 1. The Morgan fingerprint density at radius 3 is 2.74 bits per heavy atom. The fourth-order valence-electron chi connectivity index (χ4n) is 2.51. The van der Waals surface area contributed by atoms with Crippen LogP contribution >= 0.6 is 0 Å². The molecule has 1 aromatic rings. The van der Waals surface area contributed by atoms with Crippen LogP contribution in [0.25, 0.3) is 0 Å². The number of rotatable bonds is 3. The van der Waals surface area contributed by atoms with E-state index in [0.29, 0.717) is 18.9 Å². The number of carbonyl (C=O) groups excluding carboxylic acids is 2. The Morgan fingerprint density at radius 2 is 2.05 bits per heavy atom. The van der Waals surface area contributed by atoms with E-state index < -0.39 is 11.9 Å². The SMILES string of the molecule is NC(=O)C1CCCCN1C(=O)c1n[nH]c(C2CC2)n1. The number of primary amides is 1. The monoisotopic (exact) mass is 263 g/mol. The summed E-state index contributed by atoms with van der Waals surface area (Å²) in [5.74, 6) is 0.589. The molecule has 1 unspecified atom stereocenters. The molecule has 1 atom stereocenters. The number of aromatic amines is 1. The molecule has 0 spiro atoms. The molecule has 2 aliphatic rings. The van der Waals surface area contributed by atoms with Crippen molar-refractivity contribution in [3.05, 3.63) is 11.6 Å². The van der Waals surface area contributed by atoms with Gasteiger partial charge in [0.15, 0.2) is 0 Å². The lowest BCUT2D eigenvalue weighted by atomic mass is 10.0. The van der Waals surface area contributed by atoms with E-state index in [1.807, 2.05) is 0 Å². The van der Waals surface area contributed by atoms with Gasteiger partial charge in [-0.3, -0.25) is 14.7 Å². The van der Waals surface area contributed by atoms with Gasteiger partial charge in [0, 0.05) is 12.5 Å². The summed E-state index contributed by atoms with van der Waals surface area (Å²) in [5, 5.41) is 6.77. The van der Waals surface area contributed by atoms with Crippen molar-refractivity contribution in [2.24, 2.45) is 5.73 Å². The lowest BCUT2D eigenvalue weighted by molar-refractivity contribution is -0.123. The lowest BCUT2D eigenvalue weighted by Crippen LogP contribution is -2.50. The Labute approximate surface area is 110 Å². The van der Waals surface area contributed by atoms with Crippen LogP contribution < -0.4 is 5.73 Å². The second kappa shape index (κ2) is 4.64. The number of nitrogens with one attached hydrogen (secondary N) is 1. The molecule has 102 valence electrons. The lowest BCUT2D eigenvalue weighted by Gasteiger charge is -2.32. The average molecular weight is 263 g/mol. The van der Waals surface area contributed by atoms with Crippen LogP contribution in [0.4, 0.5) is 0 Å². The van der Waals surface area contributed by atoms with Crippen LogP contribution in [-0.2, 0) is 4.79 Å². The van der Waals surface area contributed by atoms with Gasteiger partial charge in [-0.05, 0) is 32.1 Å². The highest BCUT2D eigenvalue weighted by atomic mass is 16.2. The van der Waals surface area contributed by atoms with E-state index in [0.717, 1.165) is 31.5 Å². The Balaban J connectivity index is 1.78. The highest BCUT2D eigenvalue weighted by Crippen LogP contribution is 2.37. The maximum absolute atomic E-state index is 12.3. The molecule has 0 radical (unpaired) electrons. The minimum atomic E-state index is -0.524. The van der Waals surface area contributed by atoms with Crippen LogP contribution in [0.5, 0.6) is 0 Å². The maximum Gasteiger partial charge on any atom is 0.294 e. The van der Waals surface area contributed by atoms with Gasteiger partial charge in [-0.15, -0.1) is 5.10 Å². The first kappa shape index (κ1) is 12.1. The zero-order chi connectivity index (χ0) is 13.4. The van der Waals surface area contributed by atoms with Crippen LogP contribution in [0.15, 0.2) is 0 Å². The predicted molar refractivity (Wildman–Crippen MR) is 66.2 cm³/mol. The smallest absolute Gasteiger partial charge is 0.294 e. The second-order valence-corrected chi connectivity index (χ2v) is 5.23. The van der Waals surface area contributed by atoms with Crippen LogP contribution in [0.3, 0.4) is 0 Å². The topological polar surface area (TPSA) is 105 Å². The maximum atomic E-state index is 12.3. The van der Waals surface area contributed by atoms with Crippen molar-refractivity contribution in [1.29, 1.82) is 0 Å². The van der Waals surface area contributed by atoms with E-state index >= 15 is 0 Å². The molecule has 19 heavy (non-hydrogen) atoms. The number of carbonyl (C=O) groups is 2.